The highest BCUT2D eigenvalue weighted by molar-refractivity contribution is 7.89. The summed E-state index contributed by atoms with van der Waals surface area (Å²) in [5.41, 5.74) is 0. The lowest BCUT2D eigenvalue weighted by atomic mass is 10.3. The zero-order valence-electron chi connectivity index (χ0n) is 9.56. The lowest BCUT2D eigenvalue weighted by Gasteiger charge is -2.15. The molecule has 0 saturated heterocycles. The molecule has 1 unspecified atom stereocenters. The van der Waals surface area contributed by atoms with Gasteiger partial charge in [-0.05, 0) is 18.2 Å². The van der Waals surface area contributed by atoms with E-state index in [-0.39, 0.29) is 16.5 Å². The van der Waals surface area contributed by atoms with E-state index >= 15 is 0 Å². The van der Waals surface area contributed by atoms with Crippen LogP contribution < -0.4 is 4.72 Å². The Kier molecular flexibility index (Phi) is 5.48. The molecule has 2 N–H and O–H groups in total. The Bertz CT molecular complexity index is 509. The van der Waals surface area contributed by atoms with Crippen molar-refractivity contribution in [3.63, 3.8) is 0 Å². The Hall–Kier alpha value is -0.730. The fourth-order valence-corrected chi connectivity index (χ4v) is 2.74. The monoisotopic (exact) mass is 297 g/mol. The van der Waals surface area contributed by atoms with Crippen molar-refractivity contribution in [3.8, 4) is 0 Å². The minimum atomic E-state index is -3.87. The van der Waals surface area contributed by atoms with Crippen molar-refractivity contribution in [1.82, 2.24) is 4.72 Å². The van der Waals surface area contributed by atoms with E-state index in [1.165, 1.54) is 7.11 Å². The number of hydrogen-bond acceptors (Lipinski definition) is 4. The van der Waals surface area contributed by atoms with E-state index < -0.39 is 28.5 Å². The topological polar surface area (TPSA) is 75.6 Å². The largest absolute Gasteiger partial charge is 0.395 e. The standard InChI is InChI=1S/C10H13ClFNO4S/c1-17-6-7(5-14)13-18(15,16)8-2-3-10(12)9(11)4-8/h2-4,7,13-14H,5-6H2,1H3. The molecule has 5 nitrogen and oxygen atoms in total. The maximum absolute atomic E-state index is 12.9. The number of hydrogen-bond donors (Lipinski definition) is 2. The van der Waals surface area contributed by atoms with E-state index in [0.29, 0.717) is 0 Å². The molecule has 0 bridgehead atoms. The Balaban J connectivity index is 2.95. The quantitative estimate of drug-likeness (QED) is 0.813. The maximum atomic E-state index is 12.9. The van der Waals surface area contributed by atoms with Crippen molar-refractivity contribution in [2.45, 2.75) is 10.9 Å². The van der Waals surface area contributed by atoms with Gasteiger partial charge in [-0.15, -0.1) is 0 Å². The molecule has 0 aliphatic heterocycles. The molecule has 102 valence electrons. The average molecular weight is 298 g/mol. The number of aliphatic hydroxyl groups excluding tert-OH is 1. The number of sulfonamides is 1. The van der Waals surface area contributed by atoms with Gasteiger partial charge in [-0.3, -0.25) is 0 Å². The highest BCUT2D eigenvalue weighted by Gasteiger charge is 2.20. The molecule has 0 amide bonds. The van der Waals surface area contributed by atoms with Gasteiger partial charge in [0.05, 0.1) is 29.2 Å². The molecule has 18 heavy (non-hydrogen) atoms. The number of methoxy groups -OCH3 is 1. The Morgan fingerprint density at radius 1 is 1.56 bits per heavy atom. The molecule has 0 heterocycles. The van der Waals surface area contributed by atoms with Crippen LogP contribution in [0.1, 0.15) is 0 Å². The van der Waals surface area contributed by atoms with Crippen molar-refractivity contribution in [1.29, 1.82) is 0 Å². The van der Waals surface area contributed by atoms with Gasteiger partial charge in [-0.2, -0.15) is 0 Å². The summed E-state index contributed by atoms with van der Waals surface area (Å²) in [6.07, 6.45) is 0. The molecule has 0 spiro atoms. The fraction of sp³-hybridized carbons (Fsp3) is 0.400. The van der Waals surface area contributed by atoms with Crippen molar-refractivity contribution in [3.05, 3.63) is 29.0 Å². The molecule has 0 aromatic heterocycles. The van der Waals surface area contributed by atoms with Crippen LogP contribution in [0.2, 0.25) is 5.02 Å². The predicted octanol–water partition coefficient (Wildman–Crippen LogP) is 0.765. The number of benzene rings is 1. The highest BCUT2D eigenvalue weighted by Crippen LogP contribution is 2.19. The summed E-state index contributed by atoms with van der Waals surface area (Å²) in [5, 5.41) is 8.69. The third kappa shape index (κ3) is 3.89. The maximum Gasteiger partial charge on any atom is 0.241 e. The minimum Gasteiger partial charge on any atom is -0.395 e. The SMILES string of the molecule is COCC(CO)NS(=O)(=O)c1ccc(F)c(Cl)c1. The molecule has 1 atom stereocenters. The summed E-state index contributed by atoms with van der Waals surface area (Å²) in [7, 11) is -2.49. The zero-order valence-corrected chi connectivity index (χ0v) is 11.1. The second-order valence-corrected chi connectivity index (χ2v) is 5.65. The molecular formula is C10H13ClFNO4S. The average Bonchev–Trinajstić information content (AvgIpc) is 2.31. The van der Waals surface area contributed by atoms with Crippen LogP contribution >= 0.6 is 11.6 Å². The van der Waals surface area contributed by atoms with E-state index in [9.17, 15) is 12.8 Å². The molecule has 0 fully saturated rings. The summed E-state index contributed by atoms with van der Waals surface area (Å²) in [6, 6.07) is 2.27. The molecule has 1 aromatic carbocycles. The summed E-state index contributed by atoms with van der Waals surface area (Å²) in [5.74, 6) is -0.703. The number of ether oxygens (including phenoxy) is 1. The van der Waals surface area contributed by atoms with Gasteiger partial charge < -0.3 is 9.84 Å². The van der Waals surface area contributed by atoms with Gasteiger partial charge in [0.1, 0.15) is 5.82 Å². The second kappa shape index (κ2) is 6.44. The van der Waals surface area contributed by atoms with Crippen LogP contribution in [0, 0.1) is 5.82 Å². The first-order valence-corrected chi connectivity index (χ1v) is 6.84. The van der Waals surface area contributed by atoms with E-state index in [1.807, 2.05) is 0 Å². The van der Waals surface area contributed by atoms with Crippen LogP contribution in [0.3, 0.4) is 0 Å². The second-order valence-electron chi connectivity index (χ2n) is 3.53. The molecule has 0 aliphatic carbocycles. The van der Waals surface area contributed by atoms with Crippen LogP contribution in [0.5, 0.6) is 0 Å². The summed E-state index contributed by atoms with van der Waals surface area (Å²) in [4.78, 5) is -0.177. The third-order valence-corrected chi connectivity index (χ3v) is 3.92. The van der Waals surface area contributed by atoms with Gasteiger partial charge in [-0.25, -0.2) is 17.5 Å². The number of rotatable bonds is 6. The zero-order chi connectivity index (χ0) is 13.8. The molecule has 0 aliphatic rings. The first-order valence-electron chi connectivity index (χ1n) is 4.98. The molecule has 0 radical (unpaired) electrons. The molecule has 8 heteroatoms. The Labute approximate surface area is 110 Å². The van der Waals surface area contributed by atoms with Crippen molar-refractivity contribution in [2.75, 3.05) is 20.3 Å². The van der Waals surface area contributed by atoms with E-state index in [1.54, 1.807) is 0 Å². The van der Waals surface area contributed by atoms with E-state index in [4.69, 9.17) is 21.4 Å². The number of halogens is 2. The highest BCUT2D eigenvalue weighted by atomic mass is 35.5. The predicted molar refractivity (Wildman–Crippen MR) is 64.5 cm³/mol. The first kappa shape index (κ1) is 15.3. The van der Waals surface area contributed by atoms with Gasteiger partial charge in [-0.1, -0.05) is 11.6 Å². The third-order valence-electron chi connectivity index (χ3n) is 2.11. The van der Waals surface area contributed by atoms with Crippen molar-refractivity contribution in [2.24, 2.45) is 0 Å². The summed E-state index contributed by atoms with van der Waals surface area (Å²) in [6.45, 7) is -0.396. The Morgan fingerprint density at radius 2 is 2.22 bits per heavy atom. The van der Waals surface area contributed by atoms with Gasteiger partial charge in [0.2, 0.25) is 10.0 Å². The smallest absolute Gasteiger partial charge is 0.241 e. The fourth-order valence-electron chi connectivity index (χ4n) is 1.26. The van der Waals surface area contributed by atoms with Crippen molar-refractivity contribution < 1.29 is 22.7 Å². The lowest BCUT2D eigenvalue weighted by molar-refractivity contribution is 0.139. The van der Waals surface area contributed by atoms with Gasteiger partial charge in [0.25, 0.3) is 0 Å². The van der Waals surface area contributed by atoms with E-state index in [0.717, 1.165) is 18.2 Å². The van der Waals surface area contributed by atoms with E-state index in [2.05, 4.69) is 4.72 Å². The summed E-state index contributed by atoms with van der Waals surface area (Å²) >= 11 is 5.51. The van der Waals surface area contributed by atoms with Gasteiger partial charge >= 0.3 is 0 Å². The Morgan fingerprint density at radius 3 is 2.72 bits per heavy atom. The van der Waals surface area contributed by atoms with Crippen LogP contribution in [0.4, 0.5) is 4.39 Å². The lowest BCUT2D eigenvalue weighted by Crippen LogP contribution is -2.40. The normalized spacial score (nSPS) is 13.6. The number of nitrogens with one attached hydrogen (secondary N) is 1. The molecule has 1 aromatic rings. The van der Waals surface area contributed by atoms with Crippen LogP contribution in [0.25, 0.3) is 0 Å². The summed E-state index contributed by atoms with van der Waals surface area (Å²) < 4.78 is 43.7. The van der Waals surface area contributed by atoms with Gasteiger partial charge in [0, 0.05) is 7.11 Å². The van der Waals surface area contributed by atoms with Crippen LogP contribution in [0.15, 0.2) is 23.1 Å². The van der Waals surface area contributed by atoms with Crippen molar-refractivity contribution >= 4 is 21.6 Å². The van der Waals surface area contributed by atoms with Crippen LogP contribution in [-0.2, 0) is 14.8 Å². The number of aliphatic hydroxyl groups is 1. The van der Waals surface area contributed by atoms with Gasteiger partial charge in [0.15, 0.2) is 0 Å². The molecule has 0 saturated carbocycles. The first-order chi connectivity index (χ1) is 8.40. The van der Waals surface area contributed by atoms with Crippen LogP contribution in [-0.4, -0.2) is 39.9 Å². The minimum absolute atomic E-state index is 0.0185. The molecular weight excluding hydrogens is 285 g/mol. The molecule has 1 rings (SSSR count).